The van der Waals surface area contributed by atoms with Crippen molar-refractivity contribution >= 4 is 5.91 Å². The maximum atomic E-state index is 13.2. The number of piperidine rings is 1. The van der Waals surface area contributed by atoms with Gasteiger partial charge in [0.25, 0.3) is 5.91 Å². The van der Waals surface area contributed by atoms with Gasteiger partial charge < -0.3 is 9.47 Å². The molecule has 1 fully saturated rings. The maximum absolute atomic E-state index is 13.2. The topological polar surface area (TPSA) is 56.0 Å². The van der Waals surface area contributed by atoms with E-state index in [1.165, 1.54) is 0 Å². The summed E-state index contributed by atoms with van der Waals surface area (Å²) in [5.41, 5.74) is 3.63. The zero-order valence-corrected chi connectivity index (χ0v) is 18.3. The Morgan fingerprint density at radius 3 is 2.31 bits per heavy atom. The SMILES string of the molecule is Cn1nc(-c2ccccc2)cc1C(=O)N1CCC(Cn2ccnc2-c2ccccc2)CC1. The molecule has 1 saturated heterocycles. The summed E-state index contributed by atoms with van der Waals surface area (Å²) in [7, 11) is 1.84. The second kappa shape index (κ2) is 8.83. The van der Waals surface area contributed by atoms with E-state index in [1.54, 1.807) is 4.68 Å². The predicted octanol–water partition coefficient (Wildman–Crippen LogP) is 4.50. The minimum Gasteiger partial charge on any atom is -0.337 e. The molecule has 0 unspecified atom stereocenters. The first-order valence-electron chi connectivity index (χ1n) is 11.1. The summed E-state index contributed by atoms with van der Waals surface area (Å²) in [5, 5.41) is 4.56. The number of benzene rings is 2. The number of hydrogen-bond acceptors (Lipinski definition) is 3. The van der Waals surface area contributed by atoms with E-state index in [2.05, 4.69) is 33.0 Å². The van der Waals surface area contributed by atoms with E-state index < -0.39 is 0 Å². The van der Waals surface area contributed by atoms with E-state index >= 15 is 0 Å². The Bertz CT molecular complexity index is 1190. The lowest BCUT2D eigenvalue weighted by atomic mass is 9.96. The molecule has 4 aromatic rings. The van der Waals surface area contributed by atoms with Gasteiger partial charge in [0.2, 0.25) is 0 Å². The molecule has 1 amide bonds. The van der Waals surface area contributed by atoms with Gasteiger partial charge in [0.15, 0.2) is 0 Å². The largest absolute Gasteiger partial charge is 0.337 e. The van der Waals surface area contributed by atoms with Crippen LogP contribution in [-0.4, -0.2) is 43.2 Å². The van der Waals surface area contributed by atoms with Gasteiger partial charge in [-0.3, -0.25) is 9.48 Å². The Kier molecular flexibility index (Phi) is 5.58. The fourth-order valence-corrected chi connectivity index (χ4v) is 4.48. The number of carbonyl (C=O) groups is 1. The van der Waals surface area contributed by atoms with Crippen molar-refractivity contribution in [1.29, 1.82) is 0 Å². The third kappa shape index (κ3) is 4.08. The Labute approximate surface area is 188 Å². The lowest BCUT2D eigenvalue weighted by molar-refractivity contribution is 0.0672. The lowest BCUT2D eigenvalue weighted by Gasteiger charge is -2.32. The van der Waals surface area contributed by atoms with Crippen LogP contribution in [0.1, 0.15) is 23.3 Å². The van der Waals surface area contributed by atoms with E-state index in [0.717, 1.165) is 55.1 Å². The molecular weight excluding hydrogens is 398 g/mol. The summed E-state index contributed by atoms with van der Waals surface area (Å²) in [6.07, 6.45) is 5.90. The van der Waals surface area contributed by atoms with Gasteiger partial charge in [0, 0.05) is 50.2 Å². The Hall–Kier alpha value is -3.67. The molecule has 3 heterocycles. The first kappa shape index (κ1) is 20.2. The van der Waals surface area contributed by atoms with E-state index in [0.29, 0.717) is 11.6 Å². The third-order valence-corrected chi connectivity index (χ3v) is 6.27. The van der Waals surface area contributed by atoms with E-state index in [-0.39, 0.29) is 5.91 Å². The smallest absolute Gasteiger partial charge is 0.272 e. The molecule has 0 bridgehead atoms. The van der Waals surface area contributed by atoms with Gasteiger partial charge in [-0.15, -0.1) is 0 Å². The van der Waals surface area contributed by atoms with Crippen LogP contribution < -0.4 is 0 Å². The second-order valence-corrected chi connectivity index (χ2v) is 8.41. The minimum absolute atomic E-state index is 0.0632. The molecule has 0 atom stereocenters. The van der Waals surface area contributed by atoms with Crippen molar-refractivity contribution in [2.24, 2.45) is 13.0 Å². The van der Waals surface area contributed by atoms with E-state index in [9.17, 15) is 4.79 Å². The Morgan fingerprint density at radius 2 is 1.62 bits per heavy atom. The van der Waals surface area contributed by atoms with Crippen molar-refractivity contribution in [2.75, 3.05) is 13.1 Å². The van der Waals surface area contributed by atoms with Gasteiger partial charge in [0.1, 0.15) is 11.5 Å². The summed E-state index contributed by atoms with van der Waals surface area (Å²) in [6, 6.07) is 22.2. The average molecular weight is 426 g/mol. The summed E-state index contributed by atoms with van der Waals surface area (Å²) >= 11 is 0. The zero-order chi connectivity index (χ0) is 21.9. The fourth-order valence-electron chi connectivity index (χ4n) is 4.48. The quantitative estimate of drug-likeness (QED) is 0.473. The maximum Gasteiger partial charge on any atom is 0.272 e. The number of carbonyl (C=O) groups excluding carboxylic acids is 1. The monoisotopic (exact) mass is 425 g/mol. The highest BCUT2D eigenvalue weighted by Gasteiger charge is 2.26. The first-order chi connectivity index (χ1) is 15.7. The second-order valence-electron chi connectivity index (χ2n) is 8.41. The number of imidazole rings is 1. The highest BCUT2D eigenvalue weighted by atomic mass is 16.2. The van der Waals surface area contributed by atoms with Crippen LogP contribution >= 0.6 is 0 Å². The van der Waals surface area contributed by atoms with Crippen LogP contribution in [0.25, 0.3) is 22.6 Å². The van der Waals surface area contributed by atoms with E-state index in [4.69, 9.17) is 0 Å². The summed E-state index contributed by atoms with van der Waals surface area (Å²) in [4.78, 5) is 19.7. The number of aromatic nitrogens is 4. The molecule has 0 N–H and O–H groups in total. The van der Waals surface area contributed by atoms with Gasteiger partial charge in [-0.25, -0.2) is 4.98 Å². The number of rotatable bonds is 5. The van der Waals surface area contributed by atoms with Crippen LogP contribution in [0.15, 0.2) is 79.1 Å². The van der Waals surface area contributed by atoms with Gasteiger partial charge >= 0.3 is 0 Å². The van der Waals surface area contributed by atoms with Crippen LogP contribution in [0.3, 0.4) is 0 Å². The van der Waals surface area contributed by atoms with Crippen molar-refractivity contribution in [1.82, 2.24) is 24.2 Å². The summed E-state index contributed by atoms with van der Waals surface area (Å²) in [6.45, 7) is 2.46. The normalized spacial score (nSPS) is 14.6. The summed E-state index contributed by atoms with van der Waals surface area (Å²) < 4.78 is 3.94. The van der Waals surface area contributed by atoms with Crippen LogP contribution in [0.4, 0.5) is 0 Å². The van der Waals surface area contributed by atoms with Crippen molar-refractivity contribution in [3.63, 3.8) is 0 Å². The molecule has 6 nitrogen and oxygen atoms in total. The number of amides is 1. The van der Waals surface area contributed by atoms with Gasteiger partial charge in [-0.2, -0.15) is 5.10 Å². The van der Waals surface area contributed by atoms with Crippen LogP contribution in [0, 0.1) is 5.92 Å². The molecule has 0 radical (unpaired) electrons. The molecule has 162 valence electrons. The molecule has 0 spiro atoms. The van der Waals surface area contributed by atoms with Crippen molar-refractivity contribution in [2.45, 2.75) is 19.4 Å². The molecule has 2 aromatic carbocycles. The molecule has 32 heavy (non-hydrogen) atoms. The lowest BCUT2D eigenvalue weighted by Crippen LogP contribution is -2.40. The number of likely N-dealkylation sites (tertiary alicyclic amines) is 1. The van der Waals surface area contributed by atoms with Crippen LogP contribution in [0.5, 0.6) is 0 Å². The molecule has 0 aliphatic carbocycles. The number of nitrogens with zero attached hydrogens (tertiary/aromatic N) is 5. The summed E-state index contributed by atoms with van der Waals surface area (Å²) in [5.74, 6) is 1.60. The van der Waals surface area contributed by atoms with Gasteiger partial charge in [-0.1, -0.05) is 60.7 Å². The van der Waals surface area contributed by atoms with Crippen molar-refractivity contribution < 1.29 is 4.79 Å². The zero-order valence-electron chi connectivity index (χ0n) is 18.3. The Balaban J connectivity index is 1.23. The molecule has 1 aliphatic heterocycles. The average Bonchev–Trinajstić information content (AvgIpc) is 3.47. The highest BCUT2D eigenvalue weighted by Crippen LogP contribution is 2.25. The van der Waals surface area contributed by atoms with Gasteiger partial charge in [0.05, 0.1) is 5.69 Å². The standard InChI is InChI=1S/C26H27N5O/c1-29-24(18-23(28-29)21-8-4-2-5-9-21)26(32)30-15-12-20(13-16-30)19-31-17-14-27-25(31)22-10-6-3-7-11-22/h2-11,14,17-18,20H,12-13,15-16,19H2,1H3. The van der Waals surface area contributed by atoms with Crippen molar-refractivity contribution in [3.8, 4) is 22.6 Å². The predicted molar refractivity (Wildman–Crippen MR) is 125 cm³/mol. The highest BCUT2D eigenvalue weighted by molar-refractivity contribution is 5.93. The number of hydrogen-bond donors (Lipinski definition) is 0. The van der Waals surface area contributed by atoms with Gasteiger partial charge in [-0.05, 0) is 24.8 Å². The molecule has 0 saturated carbocycles. The first-order valence-corrected chi connectivity index (χ1v) is 11.1. The van der Waals surface area contributed by atoms with Crippen LogP contribution in [-0.2, 0) is 13.6 Å². The third-order valence-electron chi connectivity index (χ3n) is 6.27. The molecule has 5 rings (SSSR count). The molecule has 6 heteroatoms. The molecule has 1 aliphatic rings. The Morgan fingerprint density at radius 1 is 0.969 bits per heavy atom. The molecular formula is C26H27N5O. The number of aryl methyl sites for hydroxylation is 1. The van der Waals surface area contributed by atoms with Crippen LogP contribution in [0.2, 0.25) is 0 Å². The van der Waals surface area contributed by atoms with Crippen molar-refractivity contribution in [3.05, 3.63) is 84.8 Å². The molecule has 2 aromatic heterocycles. The fraction of sp³-hybridized carbons (Fsp3) is 0.269. The van der Waals surface area contributed by atoms with E-state index in [1.807, 2.05) is 72.7 Å². The minimum atomic E-state index is 0.0632.